The fraction of sp³-hybridized carbons (Fsp3) is 0.417. The zero-order valence-corrected chi connectivity index (χ0v) is 10.6. The summed E-state index contributed by atoms with van der Waals surface area (Å²) in [4.78, 5) is 27.8. The van der Waals surface area contributed by atoms with Gasteiger partial charge in [-0.3, -0.25) is 9.69 Å². The van der Waals surface area contributed by atoms with Gasteiger partial charge in [0.2, 0.25) is 5.91 Å². The molecule has 2 amide bonds. The largest absolute Gasteiger partial charge is 0.465 e. The predicted molar refractivity (Wildman–Crippen MR) is 68.4 cm³/mol. The molecule has 1 aromatic heterocycles. The lowest BCUT2D eigenvalue weighted by Gasteiger charge is -2.37. The van der Waals surface area contributed by atoms with E-state index in [0.717, 1.165) is 16.2 Å². The SMILES string of the molecule is Cc1nc(N)ccc1CNC(=O)[C@@H]1CCN1C(=O)O. The van der Waals surface area contributed by atoms with E-state index in [1.807, 2.05) is 6.92 Å². The van der Waals surface area contributed by atoms with Crippen molar-refractivity contribution in [2.75, 3.05) is 12.3 Å². The van der Waals surface area contributed by atoms with Gasteiger partial charge >= 0.3 is 6.09 Å². The lowest BCUT2D eigenvalue weighted by Crippen LogP contribution is -2.57. The summed E-state index contributed by atoms with van der Waals surface area (Å²) in [5, 5.41) is 11.6. The van der Waals surface area contributed by atoms with E-state index in [1.54, 1.807) is 12.1 Å². The fourth-order valence-corrected chi connectivity index (χ4v) is 1.99. The van der Waals surface area contributed by atoms with E-state index in [-0.39, 0.29) is 5.91 Å². The first kappa shape index (κ1) is 13.1. The number of likely N-dealkylation sites (tertiary alicyclic amines) is 1. The second-order valence-corrected chi connectivity index (χ2v) is 4.48. The summed E-state index contributed by atoms with van der Waals surface area (Å²) in [6.07, 6.45) is -0.492. The molecule has 1 aliphatic heterocycles. The van der Waals surface area contributed by atoms with Crippen molar-refractivity contribution < 1.29 is 14.7 Å². The van der Waals surface area contributed by atoms with Gasteiger partial charge in [-0.1, -0.05) is 6.07 Å². The van der Waals surface area contributed by atoms with Crippen molar-refractivity contribution in [3.05, 3.63) is 23.4 Å². The number of nitrogens with two attached hydrogens (primary N) is 1. The number of hydrogen-bond donors (Lipinski definition) is 3. The molecule has 0 bridgehead atoms. The molecule has 2 rings (SSSR count). The van der Waals surface area contributed by atoms with Crippen LogP contribution in [0, 0.1) is 6.92 Å². The molecule has 0 aromatic carbocycles. The number of nitrogen functional groups attached to an aromatic ring is 1. The van der Waals surface area contributed by atoms with Crippen LogP contribution in [0.3, 0.4) is 0 Å². The Morgan fingerprint density at radius 3 is 2.84 bits per heavy atom. The van der Waals surface area contributed by atoms with Gasteiger partial charge in [0.25, 0.3) is 0 Å². The number of carbonyl (C=O) groups excluding carboxylic acids is 1. The standard InChI is InChI=1S/C12H16N4O3/c1-7-8(2-3-10(13)15-7)6-14-11(17)9-4-5-16(9)12(18)19/h2-3,9H,4-6H2,1H3,(H2,13,15)(H,14,17)(H,18,19)/t9-/m0/s1. The number of anilines is 1. The molecule has 4 N–H and O–H groups in total. The molecule has 1 aliphatic rings. The van der Waals surface area contributed by atoms with Crippen molar-refractivity contribution in [3.8, 4) is 0 Å². The van der Waals surface area contributed by atoms with Crippen LogP contribution >= 0.6 is 0 Å². The number of rotatable bonds is 3. The molecule has 1 atom stereocenters. The lowest BCUT2D eigenvalue weighted by molar-refractivity contribution is -0.129. The Morgan fingerprint density at radius 1 is 1.58 bits per heavy atom. The van der Waals surface area contributed by atoms with Crippen molar-refractivity contribution in [3.63, 3.8) is 0 Å². The summed E-state index contributed by atoms with van der Waals surface area (Å²) >= 11 is 0. The monoisotopic (exact) mass is 264 g/mol. The van der Waals surface area contributed by atoms with Crippen LogP contribution in [0.1, 0.15) is 17.7 Å². The maximum absolute atomic E-state index is 11.8. The zero-order valence-electron chi connectivity index (χ0n) is 10.6. The highest BCUT2D eigenvalue weighted by Gasteiger charge is 2.37. The molecule has 7 heteroatoms. The van der Waals surface area contributed by atoms with Gasteiger partial charge in [-0.05, 0) is 25.0 Å². The van der Waals surface area contributed by atoms with Gasteiger partial charge in [-0.25, -0.2) is 9.78 Å². The average Bonchev–Trinajstić information content (AvgIpc) is 2.25. The van der Waals surface area contributed by atoms with Gasteiger partial charge in [0.05, 0.1) is 0 Å². The highest BCUT2D eigenvalue weighted by atomic mass is 16.4. The molecule has 1 fully saturated rings. The van der Waals surface area contributed by atoms with Crippen molar-refractivity contribution >= 4 is 17.8 Å². The molecule has 1 saturated heterocycles. The third-order valence-electron chi connectivity index (χ3n) is 3.24. The number of carbonyl (C=O) groups is 2. The number of aromatic nitrogens is 1. The van der Waals surface area contributed by atoms with Crippen molar-refractivity contribution in [1.29, 1.82) is 0 Å². The minimum Gasteiger partial charge on any atom is -0.465 e. The Labute approximate surface area is 110 Å². The van der Waals surface area contributed by atoms with Crippen molar-refractivity contribution in [1.82, 2.24) is 15.2 Å². The minimum absolute atomic E-state index is 0.273. The average molecular weight is 264 g/mol. The first-order valence-electron chi connectivity index (χ1n) is 5.98. The molecule has 2 heterocycles. The number of carboxylic acid groups (broad SMARTS) is 1. The topological polar surface area (TPSA) is 109 Å². The zero-order chi connectivity index (χ0) is 14.0. The highest BCUT2D eigenvalue weighted by molar-refractivity contribution is 5.86. The molecular formula is C12H16N4O3. The number of pyridine rings is 1. The van der Waals surface area contributed by atoms with Gasteiger partial charge in [-0.15, -0.1) is 0 Å². The van der Waals surface area contributed by atoms with E-state index >= 15 is 0 Å². The summed E-state index contributed by atoms with van der Waals surface area (Å²) in [5.74, 6) is 0.161. The second-order valence-electron chi connectivity index (χ2n) is 4.48. The van der Waals surface area contributed by atoms with Gasteiger partial charge in [0.1, 0.15) is 11.9 Å². The number of amides is 2. The molecule has 0 radical (unpaired) electrons. The molecule has 7 nitrogen and oxygen atoms in total. The molecule has 1 aromatic rings. The first-order valence-corrected chi connectivity index (χ1v) is 5.98. The maximum Gasteiger partial charge on any atom is 0.407 e. The highest BCUT2D eigenvalue weighted by Crippen LogP contribution is 2.17. The van der Waals surface area contributed by atoms with Gasteiger partial charge in [0, 0.05) is 18.8 Å². The Hall–Kier alpha value is -2.31. The number of hydrogen-bond acceptors (Lipinski definition) is 4. The maximum atomic E-state index is 11.8. The van der Waals surface area contributed by atoms with E-state index in [4.69, 9.17) is 10.8 Å². The molecular weight excluding hydrogens is 248 g/mol. The van der Waals surface area contributed by atoms with Crippen LogP contribution in [-0.4, -0.2) is 39.6 Å². The Morgan fingerprint density at radius 2 is 2.32 bits per heavy atom. The molecule has 19 heavy (non-hydrogen) atoms. The lowest BCUT2D eigenvalue weighted by atomic mass is 10.0. The molecule has 0 aliphatic carbocycles. The van der Waals surface area contributed by atoms with Crippen LogP contribution in [0.25, 0.3) is 0 Å². The van der Waals surface area contributed by atoms with Gasteiger partial charge < -0.3 is 16.2 Å². The van der Waals surface area contributed by atoms with Gasteiger partial charge in [-0.2, -0.15) is 0 Å². The van der Waals surface area contributed by atoms with Crippen LogP contribution < -0.4 is 11.1 Å². The quantitative estimate of drug-likeness (QED) is 0.729. The normalized spacial score (nSPS) is 17.7. The third kappa shape index (κ3) is 2.75. The molecule has 0 spiro atoms. The van der Waals surface area contributed by atoms with E-state index in [0.29, 0.717) is 25.3 Å². The van der Waals surface area contributed by atoms with E-state index in [2.05, 4.69) is 10.3 Å². The van der Waals surface area contributed by atoms with Crippen LogP contribution in [0.4, 0.5) is 10.6 Å². The van der Waals surface area contributed by atoms with E-state index < -0.39 is 12.1 Å². The number of nitrogens with zero attached hydrogens (tertiary/aromatic N) is 2. The molecule has 102 valence electrons. The Balaban J connectivity index is 1.92. The summed E-state index contributed by atoms with van der Waals surface area (Å²) < 4.78 is 0. The Bertz CT molecular complexity index is 518. The van der Waals surface area contributed by atoms with Crippen LogP contribution in [0.2, 0.25) is 0 Å². The van der Waals surface area contributed by atoms with Crippen LogP contribution in [0.5, 0.6) is 0 Å². The van der Waals surface area contributed by atoms with Gasteiger partial charge in [0.15, 0.2) is 0 Å². The summed E-state index contributed by atoms with van der Waals surface area (Å²) in [7, 11) is 0. The third-order valence-corrected chi connectivity index (χ3v) is 3.24. The van der Waals surface area contributed by atoms with Crippen LogP contribution in [-0.2, 0) is 11.3 Å². The second kappa shape index (κ2) is 5.13. The summed E-state index contributed by atoms with van der Waals surface area (Å²) in [5.41, 5.74) is 7.16. The number of nitrogens with one attached hydrogen (secondary N) is 1. The minimum atomic E-state index is -1.06. The first-order chi connectivity index (χ1) is 8.99. The van der Waals surface area contributed by atoms with Crippen LogP contribution in [0.15, 0.2) is 12.1 Å². The summed E-state index contributed by atoms with van der Waals surface area (Å²) in [6, 6.07) is 2.90. The van der Waals surface area contributed by atoms with E-state index in [1.165, 1.54) is 0 Å². The predicted octanol–water partition coefficient (Wildman–Crippen LogP) is 0.341. The fourth-order valence-electron chi connectivity index (χ4n) is 1.99. The molecule has 0 unspecified atom stereocenters. The smallest absolute Gasteiger partial charge is 0.407 e. The van der Waals surface area contributed by atoms with Crippen molar-refractivity contribution in [2.24, 2.45) is 0 Å². The number of aryl methyl sites for hydroxylation is 1. The molecule has 0 saturated carbocycles. The summed E-state index contributed by atoms with van der Waals surface area (Å²) in [6.45, 7) is 2.54. The van der Waals surface area contributed by atoms with E-state index in [9.17, 15) is 9.59 Å². The van der Waals surface area contributed by atoms with Crippen molar-refractivity contribution in [2.45, 2.75) is 25.9 Å². The Kier molecular flexibility index (Phi) is 3.55.